The van der Waals surface area contributed by atoms with Gasteiger partial charge in [-0.2, -0.15) is 0 Å². The molecule has 0 spiro atoms. The Labute approximate surface area is 148 Å². The van der Waals surface area contributed by atoms with Crippen LogP contribution >= 0.6 is 0 Å². The molecule has 0 rings (SSSR count). The molecule has 0 heterocycles. The zero-order valence-electron chi connectivity index (χ0n) is 15.9. The molecule has 0 aromatic rings. The fourth-order valence-corrected chi connectivity index (χ4v) is 2.67. The van der Waals surface area contributed by atoms with Crippen molar-refractivity contribution in [3.8, 4) is 0 Å². The van der Waals surface area contributed by atoms with Crippen LogP contribution in [0.5, 0.6) is 0 Å². The molecule has 0 saturated heterocycles. The minimum absolute atomic E-state index is 0.284. The number of unbranched alkanes of at least 4 members (excludes halogenated alkanes) is 12. The van der Waals surface area contributed by atoms with Crippen LogP contribution in [0.4, 0.5) is 0 Å². The van der Waals surface area contributed by atoms with Crippen molar-refractivity contribution < 1.29 is 19.4 Å². The summed E-state index contributed by atoms with van der Waals surface area (Å²) >= 11 is 0. The number of hydrogen-bond donors (Lipinski definition) is 0. The lowest BCUT2D eigenvalue weighted by Crippen LogP contribution is -2.10. The van der Waals surface area contributed by atoms with Crippen LogP contribution in [-0.4, -0.2) is 11.9 Å². The number of carbonyl (C=O) groups excluding carboxylic acids is 2. The Bertz CT molecular complexity index is 302. The Kier molecular flexibility index (Phi) is 17.5. The van der Waals surface area contributed by atoms with Gasteiger partial charge in [-0.25, -0.2) is 19.4 Å². The summed E-state index contributed by atoms with van der Waals surface area (Å²) in [5, 5.41) is 0. The van der Waals surface area contributed by atoms with E-state index in [-0.39, 0.29) is 6.42 Å². The maximum absolute atomic E-state index is 11.4. The molecule has 0 atom stereocenters. The summed E-state index contributed by atoms with van der Waals surface area (Å²) in [4.78, 5) is 31.3. The monoisotopic (exact) mass is 342 g/mol. The van der Waals surface area contributed by atoms with Gasteiger partial charge in [0.2, 0.25) is 0 Å². The van der Waals surface area contributed by atoms with E-state index in [2.05, 4.69) is 16.7 Å². The van der Waals surface area contributed by atoms with Crippen LogP contribution in [0, 0.1) is 0 Å². The first-order valence-electron chi connectivity index (χ1n) is 10.1. The second-order valence-electron chi connectivity index (χ2n) is 6.65. The van der Waals surface area contributed by atoms with Gasteiger partial charge in [-0.15, -0.1) is 0 Å². The van der Waals surface area contributed by atoms with Crippen LogP contribution in [0.1, 0.15) is 117 Å². The lowest BCUT2D eigenvalue weighted by atomic mass is 10.0. The van der Waals surface area contributed by atoms with Crippen molar-refractivity contribution in [2.45, 2.75) is 117 Å². The smallest absolute Gasteiger partial charge is 0.247 e. The molecule has 0 aromatic heterocycles. The molecule has 0 aliphatic carbocycles. The molecular formula is C20H38O4. The summed E-state index contributed by atoms with van der Waals surface area (Å²) in [6.07, 6.45) is 17.8. The van der Waals surface area contributed by atoms with Crippen LogP contribution in [0.2, 0.25) is 0 Å². The average Bonchev–Trinajstić information content (AvgIpc) is 2.57. The van der Waals surface area contributed by atoms with Crippen LogP contribution in [0.25, 0.3) is 0 Å². The highest BCUT2D eigenvalue weighted by Gasteiger charge is 2.08. The third kappa shape index (κ3) is 17.3. The predicted molar refractivity (Wildman–Crippen MR) is 97.4 cm³/mol. The molecule has 0 amide bonds. The van der Waals surface area contributed by atoms with Gasteiger partial charge in [-0.05, 0) is 12.8 Å². The molecule has 4 nitrogen and oxygen atoms in total. The highest BCUT2D eigenvalue weighted by atomic mass is 17.2. The lowest BCUT2D eigenvalue weighted by Gasteiger charge is -2.04. The molecule has 0 aliphatic heterocycles. The van der Waals surface area contributed by atoms with Crippen molar-refractivity contribution in [1.29, 1.82) is 0 Å². The standard InChI is InChI=1S/C20H38O4/c1-3-5-6-7-8-9-10-11-12-13-14-15-16-18-20(22)24-23-19(21)17-4-2/h3-18H2,1-2H3. The summed E-state index contributed by atoms with van der Waals surface area (Å²) in [6, 6.07) is 0. The molecule has 0 N–H and O–H groups in total. The fraction of sp³-hybridized carbons (Fsp3) is 0.900. The number of rotatable bonds is 16. The topological polar surface area (TPSA) is 52.6 Å². The molecule has 0 unspecified atom stereocenters. The lowest BCUT2D eigenvalue weighted by molar-refractivity contribution is -0.259. The van der Waals surface area contributed by atoms with E-state index in [9.17, 15) is 9.59 Å². The molecular weight excluding hydrogens is 304 g/mol. The predicted octanol–water partition coefficient (Wildman–Crippen LogP) is 6.27. The second kappa shape index (κ2) is 18.3. The number of hydrogen-bond acceptors (Lipinski definition) is 4. The van der Waals surface area contributed by atoms with E-state index in [4.69, 9.17) is 0 Å². The molecule has 0 fully saturated rings. The van der Waals surface area contributed by atoms with Gasteiger partial charge in [0.15, 0.2) is 0 Å². The van der Waals surface area contributed by atoms with Gasteiger partial charge < -0.3 is 0 Å². The number of carbonyl (C=O) groups is 2. The summed E-state index contributed by atoms with van der Waals surface area (Å²) in [5.41, 5.74) is 0. The van der Waals surface area contributed by atoms with E-state index in [0.29, 0.717) is 12.8 Å². The Morgan fingerprint density at radius 3 is 1.29 bits per heavy atom. The van der Waals surface area contributed by atoms with Gasteiger partial charge in [-0.3, -0.25) is 0 Å². The van der Waals surface area contributed by atoms with Gasteiger partial charge in [-0.1, -0.05) is 90.9 Å². The molecule has 0 saturated carbocycles. The highest BCUT2D eigenvalue weighted by molar-refractivity contribution is 5.72. The van der Waals surface area contributed by atoms with E-state index in [1.165, 1.54) is 70.6 Å². The molecule has 4 heteroatoms. The van der Waals surface area contributed by atoms with Crippen molar-refractivity contribution in [2.24, 2.45) is 0 Å². The fourth-order valence-electron chi connectivity index (χ4n) is 2.67. The molecule has 24 heavy (non-hydrogen) atoms. The first-order valence-corrected chi connectivity index (χ1v) is 10.1. The van der Waals surface area contributed by atoms with Gasteiger partial charge in [0.25, 0.3) is 0 Å². The zero-order chi connectivity index (χ0) is 17.9. The molecule has 0 aliphatic rings. The Balaban J connectivity index is 3.19. The van der Waals surface area contributed by atoms with Crippen molar-refractivity contribution in [1.82, 2.24) is 0 Å². The van der Waals surface area contributed by atoms with Gasteiger partial charge in [0.1, 0.15) is 0 Å². The first kappa shape index (κ1) is 22.9. The third-order valence-corrected chi connectivity index (χ3v) is 4.17. The van der Waals surface area contributed by atoms with Crippen LogP contribution in [-0.2, 0) is 19.4 Å². The van der Waals surface area contributed by atoms with Crippen molar-refractivity contribution in [2.75, 3.05) is 0 Å². The molecule has 0 aromatic carbocycles. The second-order valence-corrected chi connectivity index (χ2v) is 6.65. The Morgan fingerprint density at radius 1 is 0.500 bits per heavy atom. The van der Waals surface area contributed by atoms with E-state index in [1.807, 2.05) is 6.92 Å². The van der Waals surface area contributed by atoms with Crippen molar-refractivity contribution >= 4 is 11.9 Å². The van der Waals surface area contributed by atoms with Crippen LogP contribution in [0.3, 0.4) is 0 Å². The largest absolute Gasteiger partial charge is 0.355 e. The maximum atomic E-state index is 11.4. The molecule has 0 radical (unpaired) electrons. The summed E-state index contributed by atoms with van der Waals surface area (Å²) < 4.78 is 0. The van der Waals surface area contributed by atoms with E-state index >= 15 is 0 Å². The van der Waals surface area contributed by atoms with E-state index < -0.39 is 11.9 Å². The Morgan fingerprint density at radius 2 is 0.875 bits per heavy atom. The van der Waals surface area contributed by atoms with Crippen LogP contribution < -0.4 is 0 Å². The first-order chi connectivity index (χ1) is 11.7. The third-order valence-electron chi connectivity index (χ3n) is 4.17. The Hall–Kier alpha value is -1.06. The summed E-state index contributed by atoms with van der Waals surface area (Å²) in [7, 11) is 0. The van der Waals surface area contributed by atoms with Crippen molar-refractivity contribution in [3.63, 3.8) is 0 Å². The molecule has 0 bridgehead atoms. The average molecular weight is 343 g/mol. The summed E-state index contributed by atoms with van der Waals surface area (Å²) in [6.45, 7) is 4.13. The van der Waals surface area contributed by atoms with Crippen molar-refractivity contribution in [3.05, 3.63) is 0 Å². The van der Waals surface area contributed by atoms with E-state index in [1.54, 1.807) is 0 Å². The highest BCUT2D eigenvalue weighted by Crippen LogP contribution is 2.13. The normalized spacial score (nSPS) is 10.6. The summed E-state index contributed by atoms with van der Waals surface area (Å²) in [5.74, 6) is -0.918. The van der Waals surface area contributed by atoms with Crippen LogP contribution in [0.15, 0.2) is 0 Å². The minimum atomic E-state index is -0.476. The van der Waals surface area contributed by atoms with Gasteiger partial charge in [0, 0.05) is 6.42 Å². The quantitative estimate of drug-likeness (QED) is 0.188. The van der Waals surface area contributed by atoms with E-state index in [0.717, 1.165) is 12.8 Å². The van der Waals surface area contributed by atoms with Gasteiger partial charge in [0.05, 0.1) is 6.42 Å². The maximum Gasteiger partial charge on any atom is 0.355 e. The SMILES string of the molecule is CCCCCCCCCCCCCCCC(=O)OOC(=O)CCC. The minimum Gasteiger partial charge on any atom is -0.247 e. The molecule has 142 valence electrons. The zero-order valence-corrected chi connectivity index (χ0v) is 15.9. The van der Waals surface area contributed by atoms with Gasteiger partial charge >= 0.3 is 11.9 Å².